The minimum absolute atomic E-state index is 0.0759. The number of fused-ring (bicyclic) bond motifs is 1. The summed E-state index contributed by atoms with van der Waals surface area (Å²) in [6.45, 7) is 5.74. The molecule has 0 aliphatic heterocycles. The molecule has 1 heterocycles. The fraction of sp³-hybridized carbons (Fsp3) is 0.438. The Kier molecular flexibility index (Phi) is 4.14. The molecule has 20 heavy (non-hydrogen) atoms. The maximum absolute atomic E-state index is 12.4. The van der Waals surface area contributed by atoms with Crippen LogP contribution in [0.4, 0.5) is 0 Å². The number of rotatable bonds is 4. The fourth-order valence-corrected chi connectivity index (χ4v) is 2.27. The van der Waals surface area contributed by atoms with Gasteiger partial charge in [-0.05, 0) is 51.7 Å². The molecule has 4 nitrogen and oxygen atoms in total. The number of nitrogens with one attached hydrogen (secondary N) is 1. The van der Waals surface area contributed by atoms with E-state index in [0.29, 0.717) is 0 Å². The minimum Gasteiger partial charge on any atom is -0.358 e. The van der Waals surface area contributed by atoms with Crippen LogP contribution in [0.1, 0.15) is 21.6 Å². The molecule has 0 spiro atoms. The number of nitrogens with zero attached hydrogens (tertiary/aromatic N) is 2. The van der Waals surface area contributed by atoms with E-state index < -0.39 is 0 Å². The highest BCUT2D eigenvalue weighted by atomic mass is 16.2. The number of H-pyrrole nitrogens is 1. The first kappa shape index (κ1) is 14.6. The summed E-state index contributed by atoms with van der Waals surface area (Å²) in [4.78, 5) is 19.6. The number of carbonyl (C=O) groups excluding carboxylic acids is 1. The molecule has 1 aromatic carbocycles. The van der Waals surface area contributed by atoms with Crippen LogP contribution < -0.4 is 0 Å². The lowest BCUT2D eigenvalue weighted by atomic mass is 10.1. The Morgan fingerprint density at radius 1 is 1.15 bits per heavy atom. The smallest absolute Gasteiger partial charge is 0.253 e. The Hall–Kier alpha value is -1.81. The minimum atomic E-state index is 0.0759. The largest absolute Gasteiger partial charge is 0.358 e. The third-order valence-corrected chi connectivity index (χ3v) is 3.78. The van der Waals surface area contributed by atoms with E-state index in [9.17, 15) is 4.79 Å². The number of aryl methyl sites for hydroxylation is 2. The number of benzene rings is 1. The highest BCUT2D eigenvalue weighted by molar-refractivity contribution is 5.98. The van der Waals surface area contributed by atoms with Crippen LogP contribution >= 0.6 is 0 Å². The van der Waals surface area contributed by atoms with Crippen LogP contribution in [0.2, 0.25) is 0 Å². The van der Waals surface area contributed by atoms with Gasteiger partial charge in [0.05, 0.1) is 0 Å². The number of likely N-dealkylation sites (N-methyl/N-ethyl adjacent to an activating group) is 2. The molecule has 0 aliphatic rings. The Bertz CT molecular complexity index is 628. The van der Waals surface area contributed by atoms with E-state index in [0.717, 1.165) is 35.2 Å². The number of aromatic amines is 1. The van der Waals surface area contributed by atoms with Gasteiger partial charge in [0.1, 0.15) is 0 Å². The first-order chi connectivity index (χ1) is 9.40. The average Bonchev–Trinajstić information content (AvgIpc) is 2.70. The lowest BCUT2D eigenvalue weighted by Crippen LogP contribution is -2.33. The summed E-state index contributed by atoms with van der Waals surface area (Å²) in [5.41, 5.74) is 4.21. The molecule has 4 heteroatoms. The van der Waals surface area contributed by atoms with Crippen molar-refractivity contribution in [2.24, 2.45) is 0 Å². The van der Waals surface area contributed by atoms with Gasteiger partial charge >= 0.3 is 0 Å². The van der Waals surface area contributed by atoms with Crippen molar-refractivity contribution in [3.8, 4) is 0 Å². The van der Waals surface area contributed by atoms with Gasteiger partial charge in [0.15, 0.2) is 0 Å². The third kappa shape index (κ3) is 2.85. The number of carbonyl (C=O) groups is 1. The van der Waals surface area contributed by atoms with E-state index in [2.05, 4.69) is 23.7 Å². The zero-order chi connectivity index (χ0) is 14.9. The van der Waals surface area contributed by atoms with E-state index >= 15 is 0 Å². The second kappa shape index (κ2) is 5.67. The molecule has 0 saturated carbocycles. The van der Waals surface area contributed by atoms with E-state index in [1.54, 1.807) is 4.90 Å². The van der Waals surface area contributed by atoms with Crippen molar-refractivity contribution >= 4 is 16.8 Å². The number of hydrogen-bond donors (Lipinski definition) is 1. The van der Waals surface area contributed by atoms with Gasteiger partial charge in [-0.15, -0.1) is 0 Å². The van der Waals surface area contributed by atoms with Gasteiger partial charge in [0, 0.05) is 42.3 Å². The van der Waals surface area contributed by atoms with E-state index in [1.807, 2.05) is 39.3 Å². The molecular weight excluding hydrogens is 250 g/mol. The van der Waals surface area contributed by atoms with Crippen LogP contribution in [0, 0.1) is 13.8 Å². The molecule has 1 amide bonds. The molecule has 0 saturated heterocycles. The lowest BCUT2D eigenvalue weighted by molar-refractivity contribution is 0.0786. The first-order valence-corrected chi connectivity index (χ1v) is 6.89. The van der Waals surface area contributed by atoms with Gasteiger partial charge in [0.25, 0.3) is 5.91 Å². The third-order valence-electron chi connectivity index (χ3n) is 3.78. The van der Waals surface area contributed by atoms with Crippen LogP contribution in [0.15, 0.2) is 18.2 Å². The molecule has 0 unspecified atom stereocenters. The van der Waals surface area contributed by atoms with Crippen molar-refractivity contribution in [2.45, 2.75) is 13.8 Å². The topological polar surface area (TPSA) is 39.3 Å². The van der Waals surface area contributed by atoms with Crippen LogP contribution in [0.5, 0.6) is 0 Å². The second-order valence-corrected chi connectivity index (χ2v) is 5.67. The Morgan fingerprint density at radius 3 is 2.50 bits per heavy atom. The number of amides is 1. The molecule has 1 N–H and O–H groups in total. The van der Waals surface area contributed by atoms with Crippen molar-refractivity contribution in [1.29, 1.82) is 0 Å². The van der Waals surface area contributed by atoms with E-state index in [4.69, 9.17) is 0 Å². The maximum atomic E-state index is 12.4. The monoisotopic (exact) mass is 273 g/mol. The Balaban J connectivity index is 2.24. The zero-order valence-corrected chi connectivity index (χ0v) is 12.9. The van der Waals surface area contributed by atoms with Gasteiger partial charge in [-0.25, -0.2) is 0 Å². The molecule has 0 bridgehead atoms. The van der Waals surface area contributed by atoms with E-state index in [1.165, 1.54) is 5.56 Å². The predicted octanol–water partition coefficient (Wildman–Crippen LogP) is 2.42. The highest BCUT2D eigenvalue weighted by Gasteiger charge is 2.13. The molecular formula is C16H23N3O. The fourth-order valence-electron chi connectivity index (χ4n) is 2.27. The van der Waals surface area contributed by atoms with Crippen LogP contribution in [0.25, 0.3) is 10.9 Å². The highest BCUT2D eigenvalue weighted by Crippen LogP contribution is 2.22. The van der Waals surface area contributed by atoms with Crippen LogP contribution in [-0.4, -0.2) is 54.9 Å². The molecule has 0 aliphatic carbocycles. The van der Waals surface area contributed by atoms with Gasteiger partial charge < -0.3 is 14.8 Å². The summed E-state index contributed by atoms with van der Waals surface area (Å²) < 4.78 is 0. The Morgan fingerprint density at radius 2 is 1.85 bits per heavy atom. The summed E-state index contributed by atoms with van der Waals surface area (Å²) in [6, 6.07) is 5.87. The quantitative estimate of drug-likeness (QED) is 0.929. The van der Waals surface area contributed by atoms with Gasteiger partial charge in [-0.3, -0.25) is 4.79 Å². The normalized spacial score (nSPS) is 11.3. The van der Waals surface area contributed by atoms with E-state index in [-0.39, 0.29) is 5.91 Å². The molecule has 0 atom stereocenters. The molecule has 108 valence electrons. The maximum Gasteiger partial charge on any atom is 0.253 e. The van der Waals surface area contributed by atoms with Gasteiger partial charge in [-0.2, -0.15) is 0 Å². The molecule has 0 fully saturated rings. The molecule has 0 radical (unpaired) electrons. The van der Waals surface area contributed by atoms with Crippen molar-refractivity contribution in [2.75, 3.05) is 34.2 Å². The summed E-state index contributed by atoms with van der Waals surface area (Å²) in [7, 11) is 5.87. The average molecular weight is 273 g/mol. The SMILES string of the molecule is Cc1[nH]c2ccc(C(=O)N(C)CCN(C)C)cc2c1C. The van der Waals surface area contributed by atoms with Crippen molar-refractivity contribution < 1.29 is 4.79 Å². The number of hydrogen-bond acceptors (Lipinski definition) is 2. The Labute approximate surface area is 120 Å². The standard InChI is InChI=1S/C16H23N3O/c1-11-12(2)17-15-7-6-13(10-14(11)15)16(20)19(5)9-8-18(3)4/h6-7,10,17H,8-9H2,1-5H3. The summed E-state index contributed by atoms with van der Waals surface area (Å²) in [5, 5.41) is 1.13. The summed E-state index contributed by atoms with van der Waals surface area (Å²) >= 11 is 0. The van der Waals surface area contributed by atoms with Crippen LogP contribution in [-0.2, 0) is 0 Å². The second-order valence-electron chi connectivity index (χ2n) is 5.67. The van der Waals surface area contributed by atoms with Crippen molar-refractivity contribution in [3.05, 3.63) is 35.0 Å². The zero-order valence-electron chi connectivity index (χ0n) is 12.9. The van der Waals surface area contributed by atoms with Crippen molar-refractivity contribution in [1.82, 2.24) is 14.8 Å². The first-order valence-electron chi connectivity index (χ1n) is 6.89. The van der Waals surface area contributed by atoms with Crippen LogP contribution in [0.3, 0.4) is 0 Å². The molecule has 1 aromatic heterocycles. The lowest BCUT2D eigenvalue weighted by Gasteiger charge is -2.19. The summed E-state index contributed by atoms with van der Waals surface area (Å²) in [5.74, 6) is 0.0759. The number of aromatic nitrogens is 1. The molecule has 2 rings (SSSR count). The predicted molar refractivity (Wildman–Crippen MR) is 83.3 cm³/mol. The van der Waals surface area contributed by atoms with Gasteiger partial charge in [0.2, 0.25) is 0 Å². The summed E-state index contributed by atoms with van der Waals surface area (Å²) in [6.07, 6.45) is 0. The van der Waals surface area contributed by atoms with Crippen molar-refractivity contribution in [3.63, 3.8) is 0 Å². The van der Waals surface area contributed by atoms with Gasteiger partial charge in [-0.1, -0.05) is 0 Å². The molecule has 2 aromatic rings.